The van der Waals surface area contributed by atoms with Crippen molar-refractivity contribution in [2.24, 2.45) is 0 Å². The highest BCUT2D eigenvalue weighted by Crippen LogP contribution is 2.03. The Morgan fingerprint density at radius 3 is 3.00 bits per heavy atom. The molecule has 0 bridgehead atoms. The van der Waals surface area contributed by atoms with E-state index in [-0.39, 0.29) is 5.97 Å². The summed E-state index contributed by atoms with van der Waals surface area (Å²) in [7, 11) is 0. The van der Waals surface area contributed by atoms with Crippen LogP contribution in [0.5, 0.6) is 0 Å². The van der Waals surface area contributed by atoms with E-state index in [1.54, 1.807) is 19.1 Å². The molecular weight excluding hydrogens is 269 g/mol. The van der Waals surface area contributed by atoms with Crippen molar-refractivity contribution in [3.05, 3.63) is 27.6 Å². The first-order chi connectivity index (χ1) is 5.74. The smallest absolute Gasteiger partial charge is 0.356 e. The van der Waals surface area contributed by atoms with Gasteiger partial charge in [-0.1, -0.05) is 6.07 Å². The van der Waals surface area contributed by atoms with Crippen LogP contribution < -0.4 is 0 Å². The Bertz CT molecular complexity index is 288. The van der Waals surface area contributed by atoms with Crippen molar-refractivity contribution in [3.8, 4) is 0 Å². The zero-order valence-corrected chi connectivity index (χ0v) is 8.74. The number of hydrogen-bond acceptors (Lipinski definition) is 3. The van der Waals surface area contributed by atoms with Gasteiger partial charge in [-0.05, 0) is 41.6 Å². The van der Waals surface area contributed by atoms with Crippen LogP contribution in [-0.4, -0.2) is 17.6 Å². The van der Waals surface area contributed by atoms with E-state index in [9.17, 15) is 4.79 Å². The van der Waals surface area contributed by atoms with Crippen molar-refractivity contribution in [2.75, 3.05) is 6.61 Å². The average Bonchev–Trinajstić information content (AvgIpc) is 2.05. The van der Waals surface area contributed by atoms with Crippen LogP contribution in [0.15, 0.2) is 18.2 Å². The Morgan fingerprint density at radius 2 is 2.42 bits per heavy atom. The highest BCUT2D eigenvalue weighted by molar-refractivity contribution is 14.1. The number of esters is 1. The first-order valence-corrected chi connectivity index (χ1v) is 4.61. The summed E-state index contributed by atoms with van der Waals surface area (Å²) in [4.78, 5) is 15.1. The maximum atomic E-state index is 11.1. The molecule has 0 amide bonds. The minimum atomic E-state index is -0.365. The lowest BCUT2D eigenvalue weighted by molar-refractivity contribution is 0.0519. The molecule has 0 radical (unpaired) electrons. The predicted molar refractivity (Wildman–Crippen MR) is 52.9 cm³/mol. The summed E-state index contributed by atoms with van der Waals surface area (Å²) in [6.07, 6.45) is 0. The molecule has 0 aromatic carbocycles. The van der Waals surface area contributed by atoms with Gasteiger partial charge in [0.1, 0.15) is 9.39 Å². The van der Waals surface area contributed by atoms with Crippen LogP contribution in [0.4, 0.5) is 0 Å². The number of carbonyl (C=O) groups excluding carboxylic acids is 1. The second-order valence-corrected chi connectivity index (χ2v) is 3.17. The Kier molecular flexibility index (Phi) is 3.46. The molecule has 0 atom stereocenters. The molecule has 0 spiro atoms. The minimum absolute atomic E-state index is 0.365. The van der Waals surface area contributed by atoms with E-state index in [1.807, 2.05) is 28.7 Å². The van der Waals surface area contributed by atoms with Crippen molar-refractivity contribution in [2.45, 2.75) is 6.92 Å². The zero-order chi connectivity index (χ0) is 8.97. The number of carbonyl (C=O) groups is 1. The number of hydrogen-bond donors (Lipinski definition) is 0. The first-order valence-electron chi connectivity index (χ1n) is 3.53. The molecule has 0 saturated heterocycles. The maximum absolute atomic E-state index is 11.1. The molecule has 0 aliphatic carbocycles. The summed E-state index contributed by atoms with van der Waals surface area (Å²) < 4.78 is 5.57. The fourth-order valence-corrected chi connectivity index (χ4v) is 1.19. The lowest BCUT2D eigenvalue weighted by atomic mass is 10.4. The highest BCUT2D eigenvalue weighted by atomic mass is 127. The van der Waals surface area contributed by atoms with Crippen LogP contribution in [-0.2, 0) is 4.74 Å². The van der Waals surface area contributed by atoms with Crippen molar-refractivity contribution in [1.29, 1.82) is 0 Å². The predicted octanol–water partition coefficient (Wildman–Crippen LogP) is 1.86. The third-order valence-electron chi connectivity index (χ3n) is 1.20. The van der Waals surface area contributed by atoms with E-state index >= 15 is 0 Å². The number of rotatable bonds is 2. The third kappa shape index (κ3) is 2.44. The summed E-state index contributed by atoms with van der Waals surface area (Å²) in [6.45, 7) is 2.15. The van der Waals surface area contributed by atoms with Gasteiger partial charge in [-0.2, -0.15) is 0 Å². The molecule has 0 N–H and O–H groups in total. The summed E-state index contributed by atoms with van der Waals surface area (Å²) in [5.41, 5.74) is 0.365. The summed E-state index contributed by atoms with van der Waals surface area (Å²) in [6, 6.07) is 5.24. The van der Waals surface area contributed by atoms with E-state index in [1.165, 1.54) is 0 Å². The van der Waals surface area contributed by atoms with E-state index in [0.717, 1.165) is 3.70 Å². The third-order valence-corrected chi connectivity index (χ3v) is 1.80. The van der Waals surface area contributed by atoms with E-state index in [4.69, 9.17) is 4.74 Å². The average molecular weight is 277 g/mol. The topological polar surface area (TPSA) is 39.2 Å². The molecule has 0 unspecified atom stereocenters. The van der Waals surface area contributed by atoms with Gasteiger partial charge in [-0.3, -0.25) is 0 Å². The zero-order valence-electron chi connectivity index (χ0n) is 6.58. The molecule has 1 aromatic heterocycles. The van der Waals surface area contributed by atoms with E-state index < -0.39 is 0 Å². The van der Waals surface area contributed by atoms with Crippen molar-refractivity contribution in [1.82, 2.24) is 4.98 Å². The van der Waals surface area contributed by atoms with E-state index in [2.05, 4.69) is 4.98 Å². The summed E-state index contributed by atoms with van der Waals surface area (Å²) in [5.74, 6) is -0.365. The van der Waals surface area contributed by atoms with Gasteiger partial charge >= 0.3 is 5.97 Å². The quantitative estimate of drug-likeness (QED) is 0.470. The van der Waals surface area contributed by atoms with Crippen LogP contribution in [0.1, 0.15) is 17.4 Å². The normalized spacial score (nSPS) is 9.50. The van der Waals surface area contributed by atoms with Gasteiger partial charge in [0.05, 0.1) is 6.61 Å². The van der Waals surface area contributed by atoms with Crippen LogP contribution in [0.2, 0.25) is 0 Å². The minimum Gasteiger partial charge on any atom is -0.461 e. The largest absolute Gasteiger partial charge is 0.461 e. The molecular formula is C8H8INO2. The number of pyridine rings is 1. The van der Waals surface area contributed by atoms with Crippen molar-refractivity contribution >= 4 is 28.6 Å². The molecule has 64 valence electrons. The molecule has 3 nitrogen and oxygen atoms in total. The Hall–Kier alpha value is -0.650. The monoisotopic (exact) mass is 277 g/mol. The van der Waals surface area contributed by atoms with Crippen LogP contribution in [0, 0.1) is 3.70 Å². The molecule has 0 aliphatic rings. The number of ether oxygens (including phenoxy) is 1. The van der Waals surface area contributed by atoms with Gasteiger partial charge in [-0.25, -0.2) is 9.78 Å². The Labute approximate surface area is 84.3 Å². The highest BCUT2D eigenvalue weighted by Gasteiger charge is 2.06. The molecule has 12 heavy (non-hydrogen) atoms. The van der Waals surface area contributed by atoms with Crippen LogP contribution >= 0.6 is 22.6 Å². The molecule has 0 aliphatic heterocycles. The lowest BCUT2D eigenvalue weighted by Crippen LogP contribution is -2.07. The Morgan fingerprint density at radius 1 is 1.67 bits per heavy atom. The van der Waals surface area contributed by atoms with Gasteiger partial charge in [0.2, 0.25) is 0 Å². The summed E-state index contributed by atoms with van der Waals surface area (Å²) in [5, 5.41) is 0. The van der Waals surface area contributed by atoms with Crippen LogP contribution in [0.3, 0.4) is 0 Å². The molecule has 1 rings (SSSR count). The van der Waals surface area contributed by atoms with Gasteiger partial charge in [0.25, 0.3) is 0 Å². The fraction of sp³-hybridized carbons (Fsp3) is 0.250. The van der Waals surface area contributed by atoms with Crippen molar-refractivity contribution < 1.29 is 9.53 Å². The number of nitrogens with zero attached hydrogens (tertiary/aromatic N) is 1. The van der Waals surface area contributed by atoms with E-state index in [0.29, 0.717) is 12.3 Å². The first kappa shape index (κ1) is 9.44. The standard InChI is InChI=1S/C8H8INO2/c1-2-12-8(11)6-4-3-5-7(9)10-6/h3-5H,2H2,1H3. The molecule has 1 heterocycles. The molecule has 4 heteroatoms. The summed E-state index contributed by atoms with van der Waals surface area (Å²) >= 11 is 2.05. The fourth-order valence-electron chi connectivity index (χ4n) is 0.727. The molecule has 0 fully saturated rings. The second kappa shape index (κ2) is 4.39. The SMILES string of the molecule is CCOC(=O)c1cccc(I)n1. The second-order valence-electron chi connectivity index (χ2n) is 2.07. The van der Waals surface area contributed by atoms with Crippen molar-refractivity contribution in [3.63, 3.8) is 0 Å². The number of halogens is 1. The Balaban J connectivity index is 2.81. The van der Waals surface area contributed by atoms with Gasteiger partial charge in [0.15, 0.2) is 0 Å². The lowest BCUT2D eigenvalue weighted by Gasteiger charge is -1.99. The van der Waals surface area contributed by atoms with Gasteiger partial charge < -0.3 is 4.74 Å². The molecule has 1 aromatic rings. The number of aromatic nitrogens is 1. The van der Waals surface area contributed by atoms with Crippen LogP contribution in [0.25, 0.3) is 0 Å². The molecule has 0 saturated carbocycles. The van der Waals surface area contributed by atoms with Gasteiger partial charge in [0, 0.05) is 0 Å². The van der Waals surface area contributed by atoms with Gasteiger partial charge in [-0.15, -0.1) is 0 Å². The maximum Gasteiger partial charge on any atom is 0.356 e.